The second kappa shape index (κ2) is 6.60. The maximum atomic E-state index is 9.78. The van der Waals surface area contributed by atoms with Crippen LogP contribution in [0.4, 0.5) is 0 Å². The molecule has 0 radical (unpaired) electrons. The van der Waals surface area contributed by atoms with Crippen LogP contribution < -0.4 is 5.32 Å². The average Bonchev–Trinajstić information content (AvgIpc) is 2.68. The van der Waals surface area contributed by atoms with Crippen LogP contribution in [0.3, 0.4) is 0 Å². The molecule has 0 saturated heterocycles. The Morgan fingerprint density at radius 3 is 2.62 bits per heavy atom. The zero-order chi connectivity index (χ0) is 12.0. The number of aliphatic hydroxyl groups is 1. The lowest BCUT2D eigenvalue weighted by molar-refractivity contribution is 0.146. The summed E-state index contributed by atoms with van der Waals surface area (Å²) in [5.41, 5.74) is 0. The molecule has 1 heterocycles. The summed E-state index contributed by atoms with van der Waals surface area (Å²) >= 11 is 0. The van der Waals surface area contributed by atoms with E-state index < -0.39 is 6.10 Å². The molecule has 0 saturated carbocycles. The third-order valence-electron chi connectivity index (χ3n) is 2.44. The van der Waals surface area contributed by atoms with Gasteiger partial charge in [0.15, 0.2) is 5.82 Å². The van der Waals surface area contributed by atoms with Gasteiger partial charge < -0.3 is 10.4 Å². The number of nitrogens with zero attached hydrogens (tertiary/aromatic N) is 3. The quantitative estimate of drug-likeness (QED) is 0.705. The van der Waals surface area contributed by atoms with Crippen molar-refractivity contribution in [2.45, 2.75) is 46.3 Å². The number of hydrogen-bond donors (Lipinski definition) is 2. The third kappa shape index (κ3) is 3.57. The highest BCUT2D eigenvalue weighted by Crippen LogP contribution is 2.02. The first-order valence-corrected chi connectivity index (χ1v) is 6.02. The minimum Gasteiger partial charge on any atom is -0.390 e. The van der Waals surface area contributed by atoms with Crippen molar-refractivity contribution >= 4 is 0 Å². The van der Waals surface area contributed by atoms with E-state index in [0.717, 1.165) is 31.0 Å². The standard InChI is InChI=1S/C11H22N4O/c1-4-10-13-11(5-2)15(14-10)8-9(16)7-12-6-3/h9,12,16H,4-8H2,1-3H3. The molecular weight excluding hydrogens is 204 g/mol. The SMILES string of the molecule is CCNCC(O)Cn1nc(CC)nc1CC. The van der Waals surface area contributed by atoms with Gasteiger partial charge in [-0.15, -0.1) is 0 Å². The summed E-state index contributed by atoms with van der Waals surface area (Å²) in [4.78, 5) is 4.40. The van der Waals surface area contributed by atoms with Gasteiger partial charge in [0, 0.05) is 19.4 Å². The van der Waals surface area contributed by atoms with E-state index in [1.165, 1.54) is 0 Å². The summed E-state index contributed by atoms with van der Waals surface area (Å²) in [6.07, 6.45) is 1.28. The molecule has 92 valence electrons. The molecule has 1 unspecified atom stereocenters. The zero-order valence-electron chi connectivity index (χ0n) is 10.4. The van der Waals surface area contributed by atoms with Crippen molar-refractivity contribution in [3.05, 3.63) is 11.6 Å². The van der Waals surface area contributed by atoms with E-state index in [1.54, 1.807) is 0 Å². The van der Waals surface area contributed by atoms with Crippen LogP contribution in [0, 0.1) is 0 Å². The Hall–Kier alpha value is -0.940. The van der Waals surface area contributed by atoms with Crippen LogP contribution in [-0.2, 0) is 19.4 Å². The lowest BCUT2D eigenvalue weighted by Crippen LogP contribution is -2.31. The minimum atomic E-state index is -0.406. The van der Waals surface area contributed by atoms with Crippen molar-refractivity contribution < 1.29 is 5.11 Å². The first kappa shape index (κ1) is 13.1. The molecule has 1 rings (SSSR count). The highest BCUT2D eigenvalue weighted by Gasteiger charge is 2.11. The van der Waals surface area contributed by atoms with E-state index in [4.69, 9.17) is 0 Å². The summed E-state index contributed by atoms with van der Waals surface area (Å²) in [5, 5.41) is 17.3. The minimum absolute atomic E-state index is 0.406. The molecule has 2 N–H and O–H groups in total. The van der Waals surface area contributed by atoms with Crippen LogP contribution in [0.15, 0.2) is 0 Å². The monoisotopic (exact) mass is 226 g/mol. The van der Waals surface area contributed by atoms with E-state index >= 15 is 0 Å². The second-order valence-corrected chi connectivity index (χ2v) is 3.79. The molecule has 1 aromatic heterocycles. The Balaban J connectivity index is 2.60. The Bertz CT molecular complexity index is 311. The lowest BCUT2D eigenvalue weighted by atomic mass is 10.3. The zero-order valence-corrected chi connectivity index (χ0v) is 10.4. The molecule has 0 bridgehead atoms. The van der Waals surface area contributed by atoms with E-state index in [1.807, 2.05) is 18.5 Å². The van der Waals surface area contributed by atoms with Crippen molar-refractivity contribution in [3.63, 3.8) is 0 Å². The van der Waals surface area contributed by atoms with Crippen molar-refractivity contribution in [1.82, 2.24) is 20.1 Å². The fourth-order valence-corrected chi connectivity index (χ4v) is 1.56. The van der Waals surface area contributed by atoms with Crippen molar-refractivity contribution in [1.29, 1.82) is 0 Å². The van der Waals surface area contributed by atoms with Crippen molar-refractivity contribution in [2.75, 3.05) is 13.1 Å². The van der Waals surface area contributed by atoms with Gasteiger partial charge in [0.25, 0.3) is 0 Å². The topological polar surface area (TPSA) is 63.0 Å². The summed E-state index contributed by atoms with van der Waals surface area (Å²) in [5.74, 6) is 1.81. The molecule has 5 nitrogen and oxygen atoms in total. The molecule has 0 aliphatic carbocycles. The molecular formula is C11H22N4O. The maximum absolute atomic E-state index is 9.78. The summed E-state index contributed by atoms with van der Waals surface area (Å²) in [6, 6.07) is 0. The number of hydrogen-bond acceptors (Lipinski definition) is 4. The molecule has 5 heteroatoms. The number of aromatic nitrogens is 3. The van der Waals surface area contributed by atoms with Gasteiger partial charge in [-0.1, -0.05) is 20.8 Å². The predicted molar refractivity (Wildman–Crippen MR) is 63.3 cm³/mol. The van der Waals surface area contributed by atoms with Gasteiger partial charge in [-0.3, -0.25) is 0 Å². The predicted octanol–water partition coefficient (Wildman–Crippen LogP) is 0.373. The first-order valence-electron chi connectivity index (χ1n) is 6.02. The van der Waals surface area contributed by atoms with E-state index in [0.29, 0.717) is 13.1 Å². The van der Waals surface area contributed by atoms with Crippen LogP contribution >= 0.6 is 0 Å². The van der Waals surface area contributed by atoms with Gasteiger partial charge in [-0.2, -0.15) is 5.10 Å². The van der Waals surface area contributed by atoms with E-state index in [2.05, 4.69) is 22.3 Å². The van der Waals surface area contributed by atoms with Gasteiger partial charge in [0.1, 0.15) is 5.82 Å². The van der Waals surface area contributed by atoms with E-state index in [-0.39, 0.29) is 0 Å². The van der Waals surface area contributed by atoms with E-state index in [9.17, 15) is 5.11 Å². The van der Waals surface area contributed by atoms with Gasteiger partial charge in [0.2, 0.25) is 0 Å². The van der Waals surface area contributed by atoms with Crippen LogP contribution in [0.25, 0.3) is 0 Å². The van der Waals surface area contributed by atoms with Crippen LogP contribution in [0.5, 0.6) is 0 Å². The summed E-state index contributed by atoms with van der Waals surface area (Å²) in [6.45, 7) is 8.10. The Morgan fingerprint density at radius 2 is 2.06 bits per heavy atom. The molecule has 0 aliphatic rings. The van der Waals surface area contributed by atoms with Crippen LogP contribution in [-0.4, -0.2) is 39.1 Å². The van der Waals surface area contributed by atoms with Crippen LogP contribution in [0.1, 0.15) is 32.4 Å². The molecule has 0 fully saturated rings. The highest BCUT2D eigenvalue weighted by atomic mass is 16.3. The number of rotatable bonds is 7. The maximum Gasteiger partial charge on any atom is 0.150 e. The van der Waals surface area contributed by atoms with Gasteiger partial charge in [-0.25, -0.2) is 9.67 Å². The number of nitrogens with one attached hydrogen (secondary N) is 1. The average molecular weight is 226 g/mol. The summed E-state index contributed by atoms with van der Waals surface area (Å²) < 4.78 is 1.82. The highest BCUT2D eigenvalue weighted by molar-refractivity contribution is 4.93. The number of aryl methyl sites for hydroxylation is 2. The van der Waals surface area contributed by atoms with Gasteiger partial charge in [-0.05, 0) is 6.54 Å². The number of aliphatic hydroxyl groups excluding tert-OH is 1. The summed E-state index contributed by atoms with van der Waals surface area (Å²) in [7, 11) is 0. The largest absolute Gasteiger partial charge is 0.390 e. The molecule has 1 aromatic rings. The van der Waals surface area contributed by atoms with Gasteiger partial charge >= 0.3 is 0 Å². The normalized spacial score (nSPS) is 13.0. The van der Waals surface area contributed by atoms with Crippen LogP contribution in [0.2, 0.25) is 0 Å². The first-order chi connectivity index (χ1) is 7.71. The Kier molecular flexibility index (Phi) is 5.42. The molecule has 1 atom stereocenters. The lowest BCUT2D eigenvalue weighted by Gasteiger charge is -2.11. The van der Waals surface area contributed by atoms with Crippen molar-refractivity contribution in [3.8, 4) is 0 Å². The fourth-order valence-electron chi connectivity index (χ4n) is 1.56. The smallest absolute Gasteiger partial charge is 0.150 e. The Morgan fingerprint density at radius 1 is 1.31 bits per heavy atom. The second-order valence-electron chi connectivity index (χ2n) is 3.79. The molecule has 16 heavy (non-hydrogen) atoms. The molecule has 0 spiro atoms. The van der Waals surface area contributed by atoms with Crippen molar-refractivity contribution in [2.24, 2.45) is 0 Å². The van der Waals surface area contributed by atoms with Gasteiger partial charge in [0.05, 0.1) is 12.6 Å². The fraction of sp³-hybridized carbons (Fsp3) is 0.818. The third-order valence-corrected chi connectivity index (χ3v) is 2.44. The number of likely N-dealkylation sites (N-methyl/N-ethyl adjacent to an activating group) is 1. The molecule has 0 aliphatic heterocycles. The Labute approximate surface area is 96.9 Å². The molecule has 0 aromatic carbocycles. The molecule has 0 amide bonds.